The SMILES string of the molecule is CCOc1cc(C=NO)ccc1OCCOc1ccc(Cl)cc1. The van der Waals surface area contributed by atoms with Gasteiger partial charge in [-0.15, -0.1) is 0 Å². The van der Waals surface area contributed by atoms with Crippen LogP contribution in [0.4, 0.5) is 0 Å². The van der Waals surface area contributed by atoms with Crippen LogP contribution in [0.2, 0.25) is 5.02 Å². The van der Waals surface area contributed by atoms with Crippen molar-refractivity contribution in [3.8, 4) is 17.2 Å². The van der Waals surface area contributed by atoms with E-state index >= 15 is 0 Å². The summed E-state index contributed by atoms with van der Waals surface area (Å²) in [5.41, 5.74) is 0.723. The molecular weight excluding hydrogens is 318 g/mol. The van der Waals surface area contributed by atoms with E-state index in [1.54, 1.807) is 42.5 Å². The van der Waals surface area contributed by atoms with Crippen molar-refractivity contribution >= 4 is 17.8 Å². The smallest absolute Gasteiger partial charge is 0.161 e. The van der Waals surface area contributed by atoms with Crippen molar-refractivity contribution in [3.63, 3.8) is 0 Å². The average Bonchev–Trinajstić information content (AvgIpc) is 2.55. The number of ether oxygens (including phenoxy) is 3. The fourth-order valence-corrected chi connectivity index (χ4v) is 2.03. The van der Waals surface area contributed by atoms with Crippen LogP contribution in [-0.2, 0) is 0 Å². The van der Waals surface area contributed by atoms with Crippen LogP contribution < -0.4 is 14.2 Å². The second-order valence-electron chi connectivity index (χ2n) is 4.53. The molecule has 1 N–H and O–H groups in total. The third-order valence-electron chi connectivity index (χ3n) is 2.90. The summed E-state index contributed by atoms with van der Waals surface area (Å²) in [5.74, 6) is 1.94. The van der Waals surface area contributed by atoms with E-state index in [1.807, 2.05) is 6.92 Å². The predicted octanol–water partition coefficient (Wildman–Crippen LogP) is 4.00. The van der Waals surface area contributed by atoms with Gasteiger partial charge in [0.15, 0.2) is 11.5 Å². The van der Waals surface area contributed by atoms with Gasteiger partial charge in [0.05, 0.1) is 12.8 Å². The minimum Gasteiger partial charge on any atom is -0.490 e. The van der Waals surface area contributed by atoms with Crippen molar-refractivity contribution in [1.82, 2.24) is 0 Å². The van der Waals surface area contributed by atoms with E-state index in [4.69, 9.17) is 31.0 Å². The van der Waals surface area contributed by atoms with Gasteiger partial charge >= 0.3 is 0 Å². The molecule has 0 spiro atoms. The van der Waals surface area contributed by atoms with Gasteiger partial charge in [0.25, 0.3) is 0 Å². The van der Waals surface area contributed by atoms with Gasteiger partial charge in [-0.05, 0) is 49.4 Å². The summed E-state index contributed by atoms with van der Waals surface area (Å²) >= 11 is 5.82. The van der Waals surface area contributed by atoms with Crippen molar-refractivity contribution in [3.05, 3.63) is 53.1 Å². The minimum absolute atomic E-state index is 0.371. The van der Waals surface area contributed by atoms with E-state index < -0.39 is 0 Å². The second kappa shape index (κ2) is 8.90. The Labute approximate surface area is 140 Å². The summed E-state index contributed by atoms with van der Waals surface area (Å²) in [6.45, 7) is 3.17. The molecule has 0 atom stereocenters. The first-order valence-corrected chi connectivity index (χ1v) is 7.56. The molecule has 0 aliphatic heterocycles. The molecule has 5 nitrogen and oxygen atoms in total. The lowest BCUT2D eigenvalue weighted by molar-refractivity contribution is 0.208. The van der Waals surface area contributed by atoms with E-state index in [0.29, 0.717) is 36.3 Å². The molecule has 0 amide bonds. The maximum Gasteiger partial charge on any atom is 0.161 e. The first-order valence-electron chi connectivity index (χ1n) is 7.18. The lowest BCUT2D eigenvalue weighted by atomic mass is 10.2. The number of nitrogens with zero attached hydrogens (tertiary/aromatic N) is 1. The summed E-state index contributed by atoms with van der Waals surface area (Å²) in [6.07, 6.45) is 1.33. The van der Waals surface area contributed by atoms with Crippen LogP contribution in [0.3, 0.4) is 0 Å². The van der Waals surface area contributed by atoms with Crippen LogP contribution in [-0.4, -0.2) is 31.2 Å². The first kappa shape index (κ1) is 17.0. The Hall–Kier alpha value is -2.40. The Balaban J connectivity index is 1.90. The number of rotatable bonds is 8. The third-order valence-corrected chi connectivity index (χ3v) is 3.15. The quantitative estimate of drug-likeness (QED) is 0.343. The highest BCUT2D eigenvalue weighted by molar-refractivity contribution is 6.30. The van der Waals surface area contributed by atoms with Crippen molar-refractivity contribution < 1.29 is 19.4 Å². The molecular formula is C17H18ClNO4. The number of benzene rings is 2. The minimum atomic E-state index is 0.371. The lowest BCUT2D eigenvalue weighted by Gasteiger charge is -2.13. The van der Waals surface area contributed by atoms with Gasteiger partial charge in [-0.3, -0.25) is 0 Å². The topological polar surface area (TPSA) is 60.3 Å². The van der Waals surface area contributed by atoms with E-state index in [9.17, 15) is 0 Å². The van der Waals surface area contributed by atoms with Gasteiger partial charge in [-0.1, -0.05) is 16.8 Å². The highest BCUT2D eigenvalue weighted by Crippen LogP contribution is 2.28. The molecule has 0 aromatic heterocycles. The molecule has 122 valence electrons. The third kappa shape index (κ3) is 5.38. The molecule has 0 aliphatic carbocycles. The van der Waals surface area contributed by atoms with E-state index in [2.05, 4.69) is 5.16 Å². The highest BCUT2D eigenvalue weighted by atomic mass is 35.5. The summed E-state index contributed by atoms with van der Waals surface area (Å²) in [6, 6.07) is 12.4. The Morgan fingerprint density at radius 3 is 2.43 bits per heavy atom. The Kier molecular flexibility index (Phi) is 6.56. The van der Waals surface area contributed by atoms with Gasteiger partial charge in [-0.25, -0.2) is 0 Å². The molecule has 23 heavy (non-hydrogen) atoms. The van der Waals surface area contributed by atoms with Crippen LogP contribution in [0.5, 0.6) is 17.2 Å². The molecule has 2 aromatic rings. The van der Waals surface area contributed by atoms with Crippen molar-refractivity contribution in [2.75, 3.05) is 19.8 Å². The first-order chi connectivity index (χ1) is 11.2. The largest absolute Gasteiger partial charge is 0.490 e. The molecule has 0 saturated heterocycles. The summed E-state index contributed by atoms with van der Waals surface area (Å²) in [7, 11) is 0. The molecule has 0 bridgehead atoms. The van der Waals surface area contributed by atoms with Crippen molar-refractivity contribution in [1.29, 1.82) is 0 Å². The van der Waals surface area contributed by atoms with Crippen LogP contribution in [0, 0.1) is 0 Å². The summed E-state index contributed by atoms with van der Waals surface area (Å²) in [4.78, 5) is 0. The zero-order valence-electron chi connectivity index (χ0n) is 12.7. The molecule has 0 unspecified atom stereocenters. The Morgan fingerprint density at radius 2 is 1.74 bits per heavy atom. The average molecular weight is 336 g/mol. The van der Waals surface area contributed by atoms with Crippen LogP contribution in [0.15, 0.2) is 47.6 Å². The van der Waals surface area contributed by atoms with Crippen LogP contribution >= 0.6 is 11.6 Å². The fourth-order valence-electron chi connectivity index (χ4n) is 1.90. The normalized spacial score (nSPS) is 10.7. The van der Waals surface area contributed by atoms with Gasteiger partial charge in [0, 0.05) is 10.6 Å². The number of hydrogen-bond donors (Lipinski definition) is 1. The summed E-state index contributed by atoms with van der Waals surface area (Å²) in [5, 5.41) is 12.3. The number of halogens is 1. The highest BCUT2D eigenvalue weighted by Gasteiger charge is 2.06. The van der Waals surface area contributed by atoms with Gasteiger partial charge in [0.1, 0.15) is 19.0 Å². The maximum atomic E-state index is 8.58. The van der Waals surface area contributed by atoms with Gasteiger partial charge < -0.3 is 19.4 Å². The van der Waals surface area contributed by atoms with Gasteiger partial charge in [0.2, 0.25) is 0 Å². The number of hydrogen-bond acceptors (Lipinski definition) is 5. The molecule has 6 heteroatoms. The van der Waals surface area contributed by atoms with Crippen molar-refractivity contribution in [2.24, 2.45) is 5.16 Å². The maximum absolute atomic E-state index is 8.58. The van der Waals surface area contributed by atoms with Crippen molar-refractivity contribution in [2.45, 2.75) is 6.92 Å². The molecule has 2 rings (SSSR count). The van der Waals surface area contributed by atoms with Gasteiger partial charge in [-0.2, -0.15) is 0 Å². The monoisotopic (exact) mass is 335 g/mol. The fraction of sp³-hybridized carbons (Fsp3) is 0.235. The molecule has 0 radical (unpaired) electrons. The molecule has 0 saturated carbocycles. The zero-order chi connectivity index (χ0) is 16.5. The van der Waals surface area contributed by atoms with E-state index in [-0.39, 0.29) is 0 Å². The van der Waals surface area contributed by atoms with Crippen LogP contribution in [0.1, 0.15) is 12.5 Å². The number of oxime groups is 1. The molecule has 0 fully saturated rings. The Bertz CT molecular complexity index is 644. The molecule has 0 heterocycles. The lowest BCUT2D eigenvalue weighted by Crippen LogP contribution is -2.10. The van der Waals surface area contributed by atoms with Crippen LogP contribution in [0.25, 0.3) is 0 Å². The Morgan fingerprint density at radius 1 is 1.00 bits per heavy atom. The second-order valence-corrected chi connectivity index (χ2v) is 4.97. The van der Waals surface area contributed by atoms with E-state index in [0.717, 1.165) is 11.3 Å². The molecule has 0 aliphatic rings. The standard InChI is InChI=1S/C17H18ClNO4/c1-2-21-17-11-13(12-19-20)3-8-16(17)23-10-9-22-15-6-4-14(18)5-7-15/h3-8,11-12,20H,2,9-10H2,1H3. The van der Waals surface area contributed by atoms with E-state index in [1.165, 1.54) is 6.21 Å². The summed E-state index contributed by atoms with van der Waals surface area (Å²) < 4.78 is 16.8. The molecule has 2 aromatic carbocycles. The predicted molar refractivity (Wildman–Crippen MR) is 89.4 cm³/mol. The zero-order valence-corrected chi connectivity index (χ0v) is 13.5.